The van der Waals surface area contributed by atoms with Crippen molar-refractivity contribution in [2.45, 2.75) is 71.8 Å². The van der Waals surface area contributed by atoms with Crippen LogP contribution in [-0.2, 0) is 9.53 Å². The van der Waals surface area contributed by atoms with Gasteiger partial charge in [-0.1, -0.05) is 18.6 Å². The molecule has 0 unspecified atom stereocenters. The minimum absolute atomic E-state index is 0.00588. The fraction of sp³-hybridized carbons (Fsp3) is 0.545. The average molecular weight is 414 g/mol. The maximum atomic E-state index is 12.3. The summed E-state index contributed by atoms with van der Waals surface area (Å²) in [6.07, 6.45) is 13.7. The van der Waals surface area contributed by atoms with Gasteiger partial charge in [0, 0.05) is 5.92 Å². The molecule has 162 valence electrons. The third-order valence-corrected chi connectivity index (χ3v) is 5.23. The maximum Gasteiger partial charge on any atom is 0.411 e. The number of allylic oxidation sites excluding steroid dienone is 3. The quantitative estimate of drug-likeness (QED) is 0.645. The number of hydrogen-bond donors (Lipinski definition) is 2. The lowest BCUT2D eigenvalue weighted by Crippen LogP contribution is -2.31. The number of nitrogens with zero attached hydrogens (tertiary/aromatic N) is 3. The van der Waals surface area contributed by atoms with E-state index in [1.54, 1.807) is 23.9 Å². The van der Waals surface area contributed by atoms with E-state index in [2.05, 4.69) is 20.7 Å². The summed E-state index contributed by atoms with van der Waals surface area (Å²) in [5, 5.41) is 10.2. The summed E-state index contributed by atoms with van der Waals surface area (Å²) in [4.78, 5) is 28.8. The second-order valence-electron chi connectivity index (χ2n) is 7.77. The molecule has 8 nitrogen and oxygen atoms in total. The van der Waals surface area contributed by atoms with E-state index in [1.165, 1.54) is 6.42 Å². The number of alkyl carbamates (subject to hydrolysis) is 1. The van der Waals surface area contributed by atoms with E-state index in [1.807, 2.05) is 26.0 Å². The Morgan fingerprint density at radius 1 is 1.20 bits per heavy atom. The molecule has 0 radical (unpaired) electrons. The summed E-state index contributed by atoms with van der Waals surface area (Å²) < 4.78 is 7.13. The van der Waals surface area contributed by atoms with Gasteiger partial charge < -0.3 is 10.1 Å². The maximum absolute atomic E-state index is 12.3. The van der Waals surface area contributed by atoms with Gasteiger partial charge in [-0.2, -0.15) is 5.10 Å². The van der Waals surface area contributed by atoms with Crippen LogP contribution in [0, 0.1) is 5.92 Å². The van der Waals surface area contributed by atoms with Crippen molar-refractivity contribution in [1.29, 1.82) is 0 Å². The number of carbonyl (C=O) groups is 2. The molecule has 2 fully saturated rings. The van der Waals surface area contributed by atoms with Crippen LogP contribution in [0.3, 0.4) is 0 Å². The third-order valence-electron chi connectivity index (χ3n) is 5.23. The molecule has 1 heterocycles. The lowest BCUT2D eigenvalue weighted by molar-refractivity contribution is -0.117. The van der Waals surface area contributed by atoms with Crippen LogP contribution in [0.5, 0.6) is 0 Å². The first-order valence-corrected chi connectivity index (χ1v) is 10.7. The van der Waals surface area contributed by atoms with Crippen molar-refractivity contribution < 1.29 is 14.3 Å². The van der Waals surface area contributed by atoms with E-state index in [0.29, 0.717) is 23.1 Å². The summed E-state index contributed by atoms with van der Waals surface area (Å²) in [5.41, 5.74) is 1.17. The molecule has 0 bridgehead atoms. The number of rotatable bonds is 7. The molecule has 0 atom stereocenters. The highest BCUT2D eigenvalue weighted by Gasteiger charge is 2.30. The highest BCUT2D eigenvalue weighted by molar-refractivity contribution is 6.00. The van der Waals surface area contributed by atoms with Crippen LogP contribution >= 0.6 is 0 Å². The fourth-order valence-corrected chi connectivity index (χ4v) is 3.42. The van der Waals surface area contributed by atoms with Gasteiger partial charge in [-0.15, -0.1) is 0 Å². The second kappa shape index (κ2) is 10.2. The molecular weight excluding hydrogens is 382 g/mol. The first-order chi connectivity index (χ1) is 14.5. The largest absolute Gasteiger partial charge is 0.446 e. The highest BCUT2D eigenvalue weighted by Crippen LogP contribution is 2.30. The van der Waals surface area contributed by atoms with Gasteiger partial charge >= 0.3 is 6.09 Å². The number of ether oxygens (including phenoxy) is 1. The van der Waals surface area contributed by atoms with Crippen LogP contribution < -0.4 is 10.6 Å². The van der Waals surface area contributed by atoms with Gasteiger partial charge in [0.1, 0.15) is 6.10 Å². The van der Waals surface area contributed by atoms with E-state index >= 15 is 0 Å². The van der Waals surface area contributed by atoms with Gasteiger partial charge in [0.25, 0.3) is 0 Å². The first-order valence-electron chi connectivity index (χ1n) is 10.7. The summed E-state index contributed by atoms with van der Waals surface area (Å²) >= 11 is 0. The van der Waals surface area contributed by atoms with E-state index in [4.69, 9.17) is 4.74 Å². The molecule has 0 spiro atoms. The van der Waals surface area contributed by atoms with Gasteiger partial charge in [0.2, 0.25) is 5.91 Å². The molecule has 30 heavy (non-hydrogen) atoms. The van der Waals surface area contributed by atoms with Crippen LogP contribution in [-0.4, -0.2) is 33.5 Å². The first kappa shape index (κ1) is 21.8. The molecule has 0 aromatic carbocycles. The van der Waals surface area contributed by atoms with Crippen molar-refractivity contribution in [2.75, 3.05) is 5.32 Å². The van der Waals surface area contributed by atoms with E-state index in [0.717, 1.165) is 38.5 Å². The van der Waals surface area contributed by atoms with Gasteiger partial charge in [-0.05, 0) is 65.4 Å². The van der Waals surface area contributed by atoms with Gasteiger partial charge in [0.05, 0.1) is 17.6 Å². The molecular formula is C22H31N5O3. The number of amides is 2. The minimum Gasteiger partial charge on any atom is -0.446 e. The number of aromatic nitrogens is 2. The topological polar surface area (TPSA) is 97.6 Å². The molecule has 1 aromatic heterocycles. The molecule has 2 saturated carbocycles. The summed E-state index contributed by atoms with van der Waals surface area (Å²) in [6.45, 7) is 5.52. The normalized spacial score (nSPS) is 18.5. The molecule has 0 aliphatic heterocycles. The zero-order valence-electron chi connectivity index (χ0n) is 18.0. The second-order valence-corrected chi connectivity index (χ2v) is 7.77. The molecule has 2 aliphatic carbocycles. The van der Waals surface area contributed by atoms with E-state index < -0.39 is 6.09 Å². The predicted octanol–water partition coefficient (Wildman–Crippen LogP) is 4.45. The molecule has 2 amide bonds. The van der Waals surface area contributed by atoms with Crippen molar-refractivity contribution in [3.8, 4) is 0 Å². The van der Waals surface area contributed by atoms with Crippen molar-refractivity contribution >= 4 is 29.6 Å². The monoisotopic (exact) mass is 413 g/mol. The predicted molar refractivity (Wildman–Crippen MR) is 117 cm³/mol. The minimum atomic E-state index is -0.457. The zero-order valence-corrected chi connectivity index (χ0v) is 18.0. The Hall–Kier alpha value is -2.90. The van der Waals surface area contributed by atoms with Crippen LogP contribution in [0.4, 0.5) is 10.6 Å². The molecule has 3 rings (SSSR count). The molecule has 0 saturated heterocycles. The number of imidazole rings is 1. The summed E-state index contributed by atoms with van der Waals surface area (Å²) in [6, 6.07) is 0. The standard InChI is InChI=1S/C22H31N5O3/c1-4-9-20-24-19(25-21(28)16-12-13-16)14-27(20)26-15(3)18(5-2)23-22(29)30-17-10-7-6-8-11-17/h4-5,9,14,16-17H,6-8,10-13H2,1-3H3,(H,23,29)(H,25,28)/b9-4-,18-5+,26-15-. The molecule has 1 aromatic rings. The average Bonchev–Trinajstić information content (AvgIpc) is 3.51. The Bertz CT molecular complexity index is 858. The summed E-state index contributed by atoms with van der Waals surface area (Å²) in [5.74, 6) is 1.14. The van der Waals surface area contributed by atoms with Gasteiger partial charge in [0.15, 0.2) is 11.6 Å². The van der Waals surface area contributed by atoms with Crippen molar-refractivity contribution in [3.63, 3.8) is 0 Å². The van der Waals surface area contributed by atoms with E-state index in [-0.39, 0.29) is 17.9 Å². The van der Waals surface area contributed by atoms with Crippen LogP contribution in [0.2, 0.25) is 0 Å². The van der Waals surface area contributed by atoms with E-state index in [9.17, 15) is 9.59 Å². The van der Waals surface area contributed by atoms with Crippen LogP contribution in [0.25, 0.3) is 6.08 Å². The lowest BCUT2D eigenvalue weighted by Gasteiger charge is -2.22. The Morgan fingerprint density at radius 2 is 1.93 bits per heavy atom. The smallest absolute Gasteiger partial charge is 0.411 e. The Morgan fingerprint density at radius 3 is 2.57 bits per heavy atom. The van der Waals surface area contributed by atoms with Crippen molar-refractivity contribution in [1.82, 2.24) is 15.0 Å². The van der Waals surface area contributed by atoms with Gasteiger partial charge in [-0.25, -0.2) is 14.5 Å². The van der Waals surface area contributed by atoms with Crippen molar-refractivity contribution in [3.05, 3.63) is 29.9 Å². The van der Waals surface area contributed by atoms with Crippen LogP contribution in [0.1, 0.15) is 71.5 Å². The molecule has 2 aliphatic rings. The number of carbonyl (C=O) groups excluding carboxylic acids is 2. The Balaban J connectivity index is 1.68. The molecule has 8 heteroatoms. The molecule has 2 N–H and O–H groups in total. The highest BCUT2D eigenvalue weighted by atomic mass is 16.6. The number of nitrogens with one attached hydrogen (secondary N) is 2. The van der Waals surface area contributed by atoms with Gasteiger partial charge in [-0.3, -0.25) is 10.1 Å². The Labute approximate surface area is 177 Å². The van der Waals surface area contributed by atoms with Crippen molar-refractivity contribution in [2.24, 2.45) is 11.0 Å². The zero-order chi connectivity index (χ0) is 21.5. The fourth-order valence-electron chi connectivity index (χ4n) is 3.42. The lowest BCUT2D eigenvalue weighted by atomic mass is 9.98. The summed E-state index contributed by atoms with van der Waals surface area (Å²) in [7, 11) is 0. The third kappa shape index (κ3) is 6.05. The Kier molecular flexibility index (Phi) is 7.43. The van der Waals surface area contributed by atoms with Crippen LogP contribution in [0.15, 0.2) is 29.1 Å². The number of hydrogen-bond acceptors (Lipinski definition) is 5. The number of anilines is 1. The SMILES string of the molecule is C/C=C\c1nc(NC(=O)C2CC2)cn1/N=C(C)\C(=C/C)NC(=O)OC1CCCCC1.